The molecule has 0 aliphatic heterocycles. The van der Waals surface area contributed by atoms with Crippen molar-refractivity contribution in [1.29, 1.82) is 0 Å². The molecule has 0 saturated carbocycles. The molecule has 5 rings (SSSR count). The van der Waals surface area contributed by atoms with Crippen LogP contribution in [-0.4, -0.2) is 60.6 Å². The summed E-state index contributed by atoms with van der Waals surface area (Å²) in [6.07, 6.45) is 4.11. The van der Waals surface area contributed by atoms with E-state index in [0.717, 1.165) is 5.56 Å². The molecule has 51 heavy (non-hydrogen) atoms. The number of rotatable bonds is 12. The van der Waals surface area contributed by atoms with Gasteiger partial charge in [0, 0.05) is 27.9 Å². The molecule has 0 bridgehead atoms. The predicted molar refractivity (Wildman–Crippen MR) is 192 cm³/mol. The second-order valence-electron chi connectivity index (χ2n) is 12.2. The van der Waals surface area contributed by atoms with Crippen molar-refractivity contribution in [2.75, 3.05) is 11.9 Å². The lowest BCUT2D eigenvalue weighted by molar-refractivity contribution is -0.155. The first-order chi connectivity index (χ1) is 24.4. The number of carbonyl (C=O) groups is 3. The SMILES string of the molecule is CC(C)(C)OC(=O)CCOC(=O)Nc1ccc(-c2cc(C(Cc3ccccc3)NC(=O)C=Cc3cc(Cl)ccc3-n3cnnn3)nnc2Cl)cc1. The van der Waals surface area contributed by atoms with Crippen LogP contribution in [0, 0.1) is 0 Å². The Morgan fingerprint density at radius 1 is 0.961 bits per heavy atom. The summed E-state index contributed by atoms with van der Waals surface area (Å²) in [5.74, 6) is -0.845. The van der Waals surface area contributed by atoms with Crippen molar-refractivity contribution in [2.24, 2.45) is 0 Å². The molecule has 1 unspecified atom stereocenters. The highest BCUT2D eigenvalue weighted by molar-refractivity contribution is 6.32. The van der Waals surface area contributed by atoms with Crippen LogP contribution in [0.2, 0.25) is 10.2 Å². The molecule has 2 aromatic heterocycles. The number of hydrogen-bond donors (Lipinski definition) is 2. The Balaban J connectivity index is 1.30. The van der Waals surface area contributed by atoms with Gasteiger partial charge in [0.05, 0.1) is 23.8 Å². The molecule has 0 radical (unpaired) electrons. The van der Waals surface area contributed by atoms with Crippen LogP contribution in [-0.2, 0) is 25.5 Å². The third-order valence-corrected chi connectivity index (χ3v) is 7.64. The zero-order chi connectivity index (χ0) is 36.4. The fraction of sp³-hybridized carbons (Fsp3) is 0.222. The lowest BCUT2D eigenvalue weighted by atomic mass is 10.00. The molecule has 13 nitrogen and oxygen atoms in total. The third-order valence-electron chi connectivity index (χ3n) is 7.13. The van der Waals surface area contributed by atoms with Gasteiger partial charge in [-0.15, -0.1) is 10.2 Å². The molecule has 2 heterocycles. The molecule has 15 heteroatoms. The molecule has 0 saturated heterocycles. The quantitative estimate of drug-likeness (QED) is 0.103. The van der Waals surface area contributed by atoms with Crippen molar-refractivity contribution in [1.82, 2.24) is 35.7 Å². The van der Waals surface area contributed by atoms with Gasteiger partial charge in [-0.1, -0.05) is 65.7 Å². The summed E-state index contributed by atoms with van der Waals surface area (Å²) in [5.41, 5.74) is 3.82. The zero-order valence-electron chi connectivity index (χ0n) is 27.9. The van der Waals surface area contributed by atoms with E-state index in [9.17, 15) is 14.4 Å². The van der Waals surface area contributed by atoms with Crippen molar-refractivity contribution < 1.29 is 23.9 Å². The van der Waals surface area contributed by atoms with Crippen LogP contribution >= 0.6 is 23.2 Å². The maximum atomic E-state index is 13.4. The van der Waals surface area contributed by atoms with E-state index in [-0.39, 0.29) is 24.1 Å². The first-order valence-corrected chi connectivity index (χ1v) is 16.5. The monoisotopic (exact) mass is 728 g/mol. The number of nitrogens with one attached hydrogen (secondary N) is 2. The number of esters is 1. The molecular weight excluding hydrogens is 695 g/mol. The Labute approximate surface area is 304 Å². The third kappa shape index (κ3) is 10.9. The van der Waals surface area contributed by atoms with E-state index in [1.165, 1.54) is 17.1 Å². The van der Waals surface area contributed by atoms with Crippen LogP contribution in [0.3, 0.4) is 0 Å². The molecule has 262 valence electrons. The average molecular weight is 730 g/mol. The molecule has 0 spiro atoms. The molecular formula is C36H34Cl2N8O5. The van der Waals surface area contributed by atoms with Crippen LogP contribution in [0.1, 0.15) is 50.1 Å². The minimum Gasteiger partial charge on any atom is -0.460 e. The maximum absolute atomic E-state index is 13.4. The normalized spacial score (nSPS) is 11.9. The van der Waals surface area contributed by atoms with Gasteiger partial charge in [-0.3, -0.25) is 14.9 Å². The predicted octanol–water partition coefficient (Wildman–Crippen LogP) is 6.82. The van der Waals surface area contributed by atoms with Crippen LogP contribution < -0.4 is 10.6 Å². The van der Waals surface area contributed by atoms with Gasteiger partial charge in [-0.25, -0.2) is 4.79 Å². The molecule has 3 aromatic carbocycles. The zero-order valence-corrected chi connectivity index (χ0v) is 29.4. The highest BCUT2D eigenvalue weighted by Gasteiger charge is 2.20. The lowest BCUT2D eigenvalue weighted by Gasteiger charge is -2.19. The summed E-state index contributed by atoms with van der Waals surface area (Å²) in [4.78, 5) is 37.5. The van der Waals surface area contributed by atoms with E-state index in [0.29, 0.717) is 45.2 Å². The molecule has 5 aromatic rings. The molecule has 0 fully saturated rings. The number of tetrazole rings is 1. The first-order valence-electron chi connectivity index (χ1n) is 15.8. The van der Waals surface area contributed by atoms with E-state index < -0.39 is 23.7 Å². The maximum Gasteiger partial charge on any atom is 0.411 e. The van der Waals surface area contributed by atoms with Gasteiger partial charge >= 0.3 is 12.1 Å². The van der Waals surface area contributed by atoms with Crippen molar-refractivity contribution in [3.8, 4) is 16.8 Å². The Bertz CT molecular complexity index is 2000. The highest BCUT2D eigenvalue weighted by Crippen LogP contribution is 2.30. The molecule has 1 atom stereocenters. The van der Waals surface area contributed by atoms with Crippen molar-refractivity contribution in [3.63, 3.8) is 0 Å². The minimum absolute atomic E-state index is 0.0632. The first kappa shape index (κ1) is 36.6. The van der Waals surface area contributed by atoms with Crippen LogP contribution in [0.25, 0.3) is 22.9 Å². The number of benzene rings is 3. The number of ether oxygens (including phenoxy) is 2. The summed E-state index contributed by atoms with van der Waals surface area (Å²) in [7, 11) is 0. The highest BCUT2D eigenvalue weighted by atomic mass is 35.5. The molecule has 2 N–H and O–H groups in total. The number of carbonyl (C=O) groups excluding carboxylic acids is 3. The van der Waals surface area contributed by atoms with Crippen molar-refractivity contribution in [3.05, 3.63) is 118 Å². The summed E-state index contributed by atoms with van der Waals surface area (Å²) in [6.45, 7) is 5.16. The second kappa shape index (κ2) is 16.8. The molecule has 0 aliphatic carbocycles. The number of amides is 2. The summed E-state index contributed by atoms with van der Waals surface area (Å²) in [6, 6.07) is 22.9. The van der Waals surface area contributed by atoms with E-state index >= 15 is 0 Å². The largest absolute Gasteiger partial charge is 0.460 e. The van der Waals surface area contributed by atoms with Gasteiger partial charge < -0.3 is 14.8 Å². The van der Waals surface area contributed by atoms with Gasteiger partial charge in [-0.05, 0) is 91.2 Å². The number of halogens is 2. The lowest BCUT2D eigenvalue weighted by Crippen LogP contribution is -2.29. The van der Waals surface area contributed by atoms with Crippen molar-refractivity contribution >= 4 is 52.9 Å². The number of aromatic nitrogens is 6. The van der Waals surface area contributed by atoms with Crippen molar-refractivity contribution in [2.45, 2.75) is 45.3 Å². The fourth-order valence-corrected chi connectivity index (χ4v) is 5.26. The van der Waals surface area contributed by atoms with Gasteiger partial charge in [0.15, 0.2) is 5.15 Å². The van der Waals surface area contributed by atoms with Gasteiger partial charge in [0.25, 0.3) is 0 Å². The van der Waals surface area contributed by atoms with Gasteiger partial charge in [-0.2, -0.15) is 9.78 Å². The Morgan fingerprint density at radius 3 is 2.43 bits per heavy atom. The Morgan fingerprint density at radius 2 is 1.73 bits per heavy atom. The Kier molecular flexibility index (Phi) is 12.1. The van der Waals surface area contributed by atoms with E-state index in [1.54, 1.807) is 75.4 Å². The van der Waals surface area contributed by atoms with Gasteiger partial charge in [0.2, 0.25) is 5.91 Å². The fourth-order valence-electron chi connectivity index (χ4n) is 4.87. The standard InChI is InChI=1S/C36H34Cl2N8O5/c1-36(2,3)51-33(48)17-18-50-35(49)40-27-13-9-24(10-14-27)28-21-30(42-43-34(28)38)29(19-23-7-5-4-6-8-23)41-32(47)16-11-25-20-26(37)12-15-31(25)46-22-39-44-45-46/h4-16,20-22,29H,17-19H2,1-3H3,(H,40,49)(H,41,47). The number of hydrogen-bond acceptors (Lipinski definition) is 10. The second-order valence-corrected chi connectivity index (χ2v) is 13.0. The molecule has 0 aliphatic rings. The number of nitrogens with zero attached hydrogens (tertiary/aromatic N) is 6. The smallest absolute Gasteiger partial charge is 0.411 e. The topological polar surface area (TPSA) is 163 Å². The molecule has 2 amide bonds. The van der Waals surface area contributed by atoms with Gasteiger partial charge in [0.1, 0.15) is 18.5 Å². The summed E-state index contributed by atoms with van der Waals surface area (Å²) >= 11 is 12.8. The summed E-state index contributed by atoms with van der Waals surface area (Å²) in [5, 5.41) is 26.1. The van der Waals surface area contributed by atoms with E-state index in [1.807, 2.05) is 30.3 Å². The summed E-state index contributed by atoms with van der Waals surface area (Å²) < 4.78 is 11.8. The van der Waals surface area contributed by atoms with E-state index in [2.05, 4.69) is 36.4 Å². The van der Waals surface area contributed by atoms with Crippen LogP contribution in [0.15, 0.2) is 91.3 Å². The van der Waals surface area contributed by atoms with Crippen LogP contribution in [0.5, 0.6) is 0 Å². The number of anilines is 1. The minimum atomic E-state index is -0.715. The average Bonchev–Trinajstić information content (AvgIpc) is 3.62. The Hall–Kier alpha value is -5.66. The van der Waals surface area contributed by atoms with E-state index in [4.69, 9.17) is 32.7 Å². The van der Waals surface area contributed by atoms with Crippen LogP contribution in [0.4, 0.5) is 10.5 Å².